The van der Waals surface area contributed by atoms with Crippen LogP contribution in [0.15, 0.2) is 29.4 Å². The molecule has 0 aliphatic rings. The lowest BCUT2D eigenvalue weighted by atomic mass is 10.2. The van der Waals surface area contributed by atoms with Gasteiger partial charge in [0.1, 0.15) is 6.07 Å². The molecule has 1 atom stereocenters. The van der Waals surface area contributed by atoms with Crippen LogP contribution in [-0.2, 0) is 11.3 Å². The second-order valence-electron chi connectivity index (χ2n) is 6.73. The maximum atomic E-state index is 12.4. The third-order valence-corrected chi connectivity index (χ3v) is 5.41. The fourth-order valence-corrected chi connectivity index (χ4v) is 3.74. The molecule has 0 saturated carbocycles. The Kier molecular flexibility index (Phi) is 8.48. The number of carbonyl (C=O) groups is 1. The number of thioether (sulfide) groups is 1. The molecule has 0 aliphatic heterocycles. The van der Waals surface area contributed by atoms with E-state index in [0.717, 1.165) is 36.8 Å². The fraction of sp³-hybridized carbons (Fsp3) is 0.500. The van der Waals surface area contributed by atoms with Gasteiger partial charge in [-0.25, -0.2) is 0 Å². The highest BCUT2D eigenvalue weighted by Gasteiger charge is 2.22. The zero-order valence-electron chi connectivity index (χ0n) is 17.0. The van der Waals surface area contributed by atoms with E-state index in [4.69, 9.17) is 5.26 Å². The normalized spacial score (nSPS) is 12.0. The number of hydrogen-bond donors (Lipinski definition) is 1. The average molecular weight is 401 g/mol. The third kappa shape index (κ3) is 5.57. The van der Waals surface area contributed by atoms with Gasteiger partial charge in [0, 0.05) is 6.54 Å². The lowest BCUT2D eigenvalue weighted by molar-refractivity contribution is -0.113. The highest BCUT2D eigenvalue weighted by molar-refractivity contribution is 7.99. The number of carbonyl (C=O) groups excluding carboxylic acids is 1. The molecule has 0 radical (unpaired) electrons. The smallest absolute Gasteiger partial charge is 0.234 e. The minimum absolute atomic E-state index is 0.168. The van der Waals surface area contributed by atoms with Crippen molar-refractivity contribution in [1.29, 1.82) is 5.26 Å². The van der Waals surface area contributed by atoms with Crippen LogP contribution in [0.2, 0.25) is 0 Å². The SMILES string of the molecule is CCCCn1c(SCC(=O)Nc2ccccc2C#N)nnc1[C@H](CC)N(C)C. The largest absolute Gasteiger partial charge is 0.324 e. The van der Waals surface area contributed by atoms with Crippen LogP contribution >= 0.6 is 11.8 Å². The van der Waals surface area contributed by atoms with Gasteiger partial charge in [-0.1, -0.05) is 44.2 Å². The van der Waals surface area contributed by atoms with E-state index >= 15 is 0 Å². The first-order valence-electron chi connectivity index (χ1n) is 9.53. The van der Waals surface area contributed by atoms with E-state index in [0.29, 0.717) is 11.3 Å². The minimum atomic E-state index is -0.168. The molecule has 0 unspecified atom stereocenters. The van der Waals surface area contributed by atoms with Gasteiger partial charge in [-0.15, -0.1) is 10.2 Å². The van der Waals surface area contributed by atoms with Gasteiger partial charge < -0.3 is 9.88 Å². The molecule has 0 spiro atoms. The number of aromatic nitrogens is 3. The summed E-state index contributed by atoms with van der Waals surface area (Å²) in [7, 11) is 4.08. The Bertz CT molecular complexity index is 826. The molecule has 28 heavy (non-hydrogen) atoms. The predicted octanol–water partition coefficient (Wildman–Crippen LogP) is 3.69. The van der Waals surface area contributed by atoms with Crippen LogP contribution in [0.3, 0.4) is 0 Å². The molecule has 0 bridgehead atoms. The summed E-state index contributed by atoms with van der Waals surface area (Å²) in [6.07, 6.45) is 3.05. The molecule has 1 aromatic heterocycles. The highest BCUT2D eigenvalue weighted by atomic mass is 32.2. The molecule has 1 N–H and O–H groups in total. The summed E-state index contributed by atoms with van der Waals surface area (Å²) in [6.45, 7) is 5.13. The first-order valence-corrected chi connectivity index (χ1v) is 10.5. The third-order valence-electron chi connectivity index (χ3n) is 4.44. The van der Waals surface area contributed by atoms with Gasteiger partial charge in [0.05, 0.1) is 23.0 Å². The Labute approximate surface area is 171 Å². The average Bonchev–Trinajstić information content (AvgIpc) is 3.08. The monoisotopic (exact) mass is 400 g/mol. The maximum absolute atomic E-state index is 12.4. The number of nitrogens with one attached hydrogen (secondary N) is 1. The van der Waals surface area contributed by atoms with Crippen molar-refractivity contribution in [3.05, 3.63) is 35.7 Å². The van der Waals surface area contributed by atoms with E-state index < -0.39 is 0 Å². The van der Waals surface area contributed by atoms with Gasteiger partial charge in [0.25, 0.3) is 0 Å². The van der Waals surface area contributed by atoms with Crippen LogP contribution in [0, 0.1) is 11.3 Å². The summed E-state index contributed by atoms with van der Waals surface area (Å²) in [6, 6.07) is 9.26. The summed E-state index contributed by atoms with van der Waals surface area (Å²) in [5.74, 6) is 0.987. The molecule has 0 fully saturated rings. The van der Waals surface area contributed by atoms with Crippen molar-refractivity contribution in [3.63, 3.8) is 0 Å². The molecule has 1 aromatic carbocycles. The van der Waals surface area contributed by atoms with E-state index in [-0.39, 0.29) is 17.7 Å². The standard InChI is InChI=1S/C20H28N6OS/c1-5-7-12-26-19(17(6-2)25(3)4)23-24-20(26)28-14-18(27)22-16-11-9-8-10-15(16)13-21/h8-11,17H,5-7,12,14H2,1-4H3,(H,22,27)/t17-/m0/s1. The Hall–Kier alpha value is -2.37. The Balaban J connectivity index is 2.11. The van der Waals surface area contributed by atoms with Crippen LogP contribution in [0.5, 0.6) is 0 Å². The van der Waals surface area contributed by atoms with E-state index in [1.54, 1.807) is 24.3 Å². The molecular formula is C20H28N6OS. The van der Waals surface area contributed by atoms with E-state index in [2.05, 4.69) is 44.9 Å². The second kappa shape index (κ2) is 10.8. The minimum Gasteiger partial charge on any atom is -0.324 e. The number of amides is 1. The summed E-state index contributed by atoms with van der Waals surface area (Å²) in [5.41, 5.74) is 0.980. The second-order valence-corrected chi connectivity index (χ2v) is 7.67. The predicted molar refractivity (Wildman–Crippen MR) is 112 cm³/mol. The molecule has 0 aliphatic carbocycles. The van der Waals surface area contributed by atoms with Crippen molar-refractivity contribution >= 4 is 23.4 Å². The van der Waals surface area contributed by atoms with Gasteiger partial charge in [0.2, 0.25) is 5.91 Å². The number of nitriles is 1. The van der Waals surface area contributed by atoms with E-state index in [1.807, 2.05) is 14.1 Å². The molecule has 8 heteroatoms. The number of anilines is 1. The van der Waals surface area contributed by atoms with Gasteiger partial charge in [-0.2, -0.15) is 5.26 Å². The van der Waals surface area contributed by atoms with Crippen LogP contribution in [-0.4, -0.2) is 45.4 Å². The zero-order chi connectivity index (χ0) is 20.5. The number of unbranched alkanes of at least 4 members (excludes halogenated alkanes) is 1. The van der Waals surface area contributed by atoms with Gasteiger partial charge in [-0.05, 0) is 39.1 Å². The van der Waals surface area contributed by atoms with Crippen molar-refractivity contribution in [2.75, 3.05) is 25.2 Å². The lowest BCUT2D eigenvalue weighted by Crippen LogP contribution is -2.23. The summed E-state index contributed by atoms with van der Waals surface area (Å²) in [4.78, 5) is 14.5. The van der Waals surface area contributed by atoms with Crippen LogP contribution in [0.25, 0.3) is 0 Å². The van der Waals surface area contributed by atoms with E-state index in [1.165, 1.54) is 11.8 Å². The van der Waals surface area contributed by atoms with E-state index in [9.17, 15) is 4.79 Å². The van der Waals surface area contributed by atoms with Crippen LogP contribution < -0.4 is 5.32 Å². The molecular weight excluding hydrogens is 372 g/mol. The van der Waals surface area contributed by atoms with Gasteiger partial charge in [-0.3, -0.25) is 9.69 Å². The zero-order valence-corrected chi connectivity index (χ0v) is 17.8. The fourth-order valence-electron chi connectivity index (χ4n) is 2.96. The Morgan fingerprint density at radius 1 is 1.32 bits per heavy atom. The van der Waals surface area contributed by atoms with Crippen molar-refractivity contribution in [1.82, 2.24) is 19.7 Å². The number of para-hydroxylation sites is 1. The van der Waals surface area contributed by atoms with Crippen molar-refractivity contribution < 1.29 is 4.79 Å². The molecule has 2 rings (SSSR count). The van der Waals surface area contributed by atoms with Gasteiger partial charge >= 0.3 is 0 Å². The van der Waals surface area contributed by atoms with Crippen LogP contribution in [0.4, 0.5) is 5.69 Å². The Morgan fingerprint density at radius 3 is 2.71 bits per heavy atom. The Morgan fingerprint density at radius 2 is 2.07 bits per heavy atom. The molecule has 7 nitrogen and oxygen atoms in total. The number of benzene rings is 1. The number of hydrogen-bond acceptors (Lipinski definition) is 6. The summed E-state index contributed by atoms with van der Waals surface area (Å²) in [5, 5.41) is 21.5. The lowest BCUT2D eigenvalue weighted by Gasteiger charge is -2.23. The maximum Gasteiger partial charge on any atom is 0.234 e. The topological polar surface area (TPSA) is 86.8 Å². The molecule has 2 aromatic rings. The first-order chi connectivity index (χ1) is 13.5. The molecule has 1 heterocycles. The number of rotatable bonds is 10. The highest BCUT2D eigenvalue weighted by Crippen LogP contribution is 2.26. The quantitative estimate of drug-likeness (QED) is 0.612. The van der Waals surface area contributed by atoms with Crippen molar-refractivity contribution in [3.8, 4) is 6.07 Å². The molecule has 0 saturated heterocycles. The molecule has 150 valence electrons. The molecule has 1 amide bonds. The summed E-state index contributed by atoms with van der Waals surface area (Å²) < 4.78 is 2.14. The first kappa shape index (κ1) is 21.9. The van der Waals surface area contributed by atoms with Crippen LogP contribution in [0.1, 0.15) is 50.5 Å². The summed E-state index contributed by atoms with van der Waals surface area (Å²) >= 11 is 1.37. The van der Waals surface area contributed by atoms with Crippen molar-refractivity contribution in [2.45, 2.75) is 50.9 Å². The number of nitrogens with zero attached hydrogens (tertiary/aromatic N) is 5. The van der Waals surface area contributed by atoms with Gasteiger partial charge in [0.15, 0.2) is 11.0 Å². The van der Waals surface area contributed by atoms with Crippen molar-refractivity contribution in [2.24, 2.45) is 0 Å².